The zero-order valence-electron chi connectivity index (χ0n) is 8.33. The lowest BCUT2D eigenvalue weighted by Gasteiger charge is -2.10. The molecule has 1 rings (SSSR count). The Morgan fingerprint density at radius 1 is 1.57 bits per heavy atom. The molecule has 0 spiro atoms. The molecule has 0 radical (unpaired) electrons. The van der Waals surface area contributed by atoms with Crippen LogP contribution in [0.15, 0.2) is 12.1 Å². The van der Waals surface area contributed by atoms with Crippen molar-refractivity contribution < 1.29 is 9.53 Å². The Bertz CT molecular complexity index is 337. The van der Waals surface area contributed by atoms with Crippen molar-refractivity contribution >= 4 is 12.1 Å². The average molecular weight is 194 g/mol. The van der Waals surface area contributed by atoms with Gasteiger partial charge in [-0.2, -0.15) is 0 Å². The van der Waals surface area contributed by atoms with E-state index >= 15 is 0 Å². The van der Waals surface area contributed by atoms with E-state index in [0.717, 1.165) is 11.1 Å². The van der Waals surface area contributed by atoms with Gasteiger partial charge in [-0.05, 0) is 30.2 Å². The van der Waals surface area contributed by atoms with Gasteiger partial charge in [0.05, 0.1) is 12.8 Å². The van der Waals surface area contributed by atoms with Crippen LogP contribution in [0.5, 0.6) is 5.75 Å². The van der Waals surface area contributed by atoms with Crippen molar-refractivity contribution in [3.8, 4) is 5.75 Å². The minimum atomic E-state index is 0.492. The Hall–Kier alpha value is -1.71. The van der Waals surface area contributed by atoms with Crippen LogP contribution in [0.25, 0.3) is 0 Å². The van der Waals surface area contributed by atoms with Gasteiger partial charge in [-0.15, -0.1) is 0 Å². The monoisotopic (exact) mass is 194 g/mol. The fourth-order valence-corrected chi connectivity index (χ4v) is 1.27. The minimum Gasteiger partial charge on any atom is -0.495 e. The Balaban J connectivity index is 2.98. The molecule has 0 aliphatic heterocycles. The smallest absolute Gasteiger partial charge is 0.207 e. The first-order valence-corrected chi connectivity index (χ1v) is 4.29. The number of hydrogen-bond acceptors (Lipinski definition) is 3. The van der Waals surface area contributed by atoms with Crippen LogP contribution in [-0.2, 0) is 11.3 Å². The largest absolute Gasteiger partial charge is 0.495 e. The number of nitrogen functional groups attached to an aromatic ring is 1. The molecule has 0 aliphatic rings. The Morgan fingerprint density at radius 2 is 2.29 bits per heavy atom. The highest BCUT2D eigenvalue weighted by molar-refractivity contribution is 5.57. The number of ether oxygens (including phenoxy) is 1. The van der Waals surface area contributed by atoms with Gasteiger partial charge >= 0.3 is 0 Å². The molecular weight excluding hydrogens is 180 g/mol. The number of carbonyl (C=O) groups is 1. The number of aryl methyl sites for hydroxylation is 1. The number of methoxy groups -OCH3 is 1. The number of rotatable bonds is 4. The summed E-state index contributed by atoms with van der Waals surface area (Å²) < 4.78 is 5.08. The molecule has 0 unspecified atom stereocenters. The van der Waals surface area contributed by atoms with Crippen LogP contribution in [0.4, 0.5) is 5.69 Å². The van der Waals surface area contributed by atoms with Gasteiger partial charge in [0.2, 0.25) is 6.41 Å². The number of nitrogens with two attached hydrogens (primary N) is 1. The molecule has 0 bridgehead atoms. The predicted octanol–water partition coefficient (Wildman–Crippen LogP) is 0.832. The quantitative estimate of drug-likeness (QED) is 0.551. The van der Waals surface area contributed by atoms with Crippen molar-refractivity contribution in [1.29, 1.82) is 0 Å². The number of anilines is 1. The van der Waals surface area contributed by atoms with E-state index in [1.807, 2.05) is 19.1 Å². The number of benzene rings is 1. The molecule has 0 atom stereocenters. The van der Waals surface area contributed by atoms with Crippen LogP contribution in [0.3, 0.4) is 0 Å². The number of amides is 1. The van der Waals surface area contributed by atoms with E-state index in [1.54, 1.807) is 7.11 Å². The van der Waals surface area contributed by atoms with Gasteiger partial charge in [0.15, 0.2) is 0 Å². The van der Waals surface area contributed by atoms with Gasteiger partial charge in [-0.1, -0.05) is 0 Å². The SMILES string of the molecule is COc1cc(CNC=O)c(C)cc1N. The Morgan fingerprint density at radius 3 is 2.86 bits per heavy atom. The molecule has 4 heteroatoms. The van der Waals surface area contributed by atoms with Gasteiger partial charge in [0.25, 0.3) is 0 Å². The summed E-state index contributed by atoms with van der Waals surface area (Å²) >= 11 is 0. The molecule has 0 fully saturated rings. The van der Waals surface area contributed by atoms with E-state index < -0.39 is 0 Å². The van der Waals surface area contributed by atoms with Crippen molar-refractivity contribution in [1.82, 2.24) is 5.32 Å². The first-order chi connectivity index (χ1) is 6.69. The molecule has 0 saturated heterocycles. The second kappa shape index (κ2) is 4.50. The molecule has 0 saturated carbocycles. The highest BCUT2D eigenvalue weighted by Gasteiger charge is 2.04. The Labute approximate surface area is 83.1 Å². The van der Waals surface area contributed by atoms with Gasteiger partial charge in [-0.25, -0.2) is 0 Å². The first kappa shape index (κ1) is 10.4. The average Bonchev–Trinajstić information content (AvgIpc) is 2.17. The molecule has 4 nitrogen and oxygen atoms in total. The van der Waals surface area contributed by atoms with Crippen molar-refractivity contribution in [2.75, 3.05) is 12.8 Å². The third-order valence-corrected chi connectivity index (χ3v) is 2.06. The van der Waals surface area contributed by atoms with E-state index in [-0.39, 0.29) is 0 Å². The van der Waals surface area contributed by atoms with E-state index in [4.69, 9.17) is 10.5 Å². The van der Waals surface area contributed by atoms with E-state index in [1.165, 1.54) is 0 Å². The van der Waals surface area contributed by atoms with Crippen LogP contribution in [-0.4, -0.2) is 13.5 Å². The summed E-state index contributed by atoms with van der Waals surface area (Å²) in [7, 11) is 1.57. The molecule has 0 aromatic heterocycles. The lowest BCUT2D eigenvalue weighted by atomic mass is 10.1. The summed E-state index contributed by atoms with van der Waals surface area (Å²) in [5.74, 6) is 0.637. The summed E-state index contributed by atoms with van der Waals surface area (Å²) in [6.07, 6.45) is 0.669. The van der Waals surface area contributed by atoms with Gasteiger partial charge < -0.3 is 15.8 Å². The predicted molar refractivity (Wildman–Crippen MR) is 55.0 cm³/mol. The highest BCUT2D eigenvalue weighted by Crippen LogP contribution is 2.25. The van der Waals surface area contributed by atoms with Crippen LogP contribution in [0.2, 0.25) is 0 Å². The van der Waals surface area contributed by atoms with E-state index in [0.29, 0.717) is 24.4 Å². The summed E-state index contributed by atoms with van der Waals surface area (Å²) in [6, 6.07) is 3.67. The molecule has 1 amide bonds. The van der Waals surface area contributed by atoms with Crippen molar-refractivity contribution in [2.24, 2.45) is 0 Å². The molecule has 0 heterocycles. The minimum absolute atomic E-state index is 0.492. The second-order valence-corrected chi connectivity index (χ2v) is 3.02. The molecule has 14 heavy (non-hydrogen) atoms. The molecule has 1 aromatic carbocycles. The summed E-state index contributed by atoms with van der Waals surface area (Å²) in [4.78, 5) is 10.1. The standard InChI is InChI=1S/C10H14N2O2/c1-7-3-9(11)10(14-2)4-8(7)5-12-6-13/h3-4,6H,5,11H2,1-2H3,(H,12,13). The highest BCUT2D eigenvalue weighted by atomic mass is 16.5. The van der Waals surface area contributed by atoms with Crippen LogP contribution in [0.1, 0.15) is 11.1 Å². The number of carbonyl (C=O) groups excluding carboxylic acids is 1. The lowest BCUT2D eigenvalue weighted by Crippen LogP contribution is -2.11. The maximum atomic E-state index is 10.1. The summed E-state index contributed by atoms with van der Waals surface area (Å²) in [6.45, 7) is 2.43. The zero-order valence-corrected chi connectivity index (χ0v) is 8.33. The van der Waals surface area contributed by atoms with Crippen molar-refractivity contribution in [2.45, 2.75) is 13.5 Å². The maximum absolute atomic E-state index is 10.1. The number of nitrogens with one attached hydrogen (secondary N) is 1. The van der Waals surface area contributed by atoms with Gasteiger partial charge in [-0.3, -0.25) is 4.79 Å². The Kier molecular flexibility index (Phi) is 3.34. The fraction of sp³-hybridized carbons (Fsp3) is 0.300. The summed E-state index contributed by atoms with van der Waals surface area (Å²) in [5, 5.41) is 2.60. The van der Waals surface area contributed by atoms with Crippen LogP contribution >= 0.6 is 0 Å². The van der Waals surface area contributed by atoms with E-state index in [2.05, 4.69) is 5.32 Å². The molecule has 1 aromatic rings. The molecule has 76 valence electrons. The maximum Gasteiger partial charge on any atom is 0.207 e. The second-order valence-electron chi connectivity index (χ2n) is 3.02. The van der Waals surface area contributed by atoms with Gasteiger partial charge in [0, 0.05) is 6.54 Å². The lowest BCUT2D eigenvalue weighted by molar-refractivity contribution is -0.109. The van der Waals surface area contributed by atoms with Gasteiger partial charge in [0.1, 0.15) is 5.75 Å². The van der Waals surface area contributed by atoms with Crippen molar-refractivity contribution in [3.63, 3.8) is 0 Å². The van der Waals surface area contributed by atoms with Crippen LogP contribution < -0.4 is 15.8 Å². The molecule has 0 aliphatic carbocycles. The zero-order chi connectivity index (χ0) is 10.6. The first-order valence-electron chi connectivity index (χ1n) is 4.29. The molecular formula is C10H14N2O2. The third-order valence-electron chi connectivity index (χ3n) is 2.06. The van der Waals surface area contributed by atoms with Crippen LogP contribution in [0, 0.1) is 6.92 Å². The molecule has 3 N–H and O–H groups in total. The normalized spacial score (nSPS) is 9.57. The van der Waals surface area contributed by atoms with E-state index in [9.17, 15) is 4.79 Å². The fourth-order valence-electron chi connectivity index (χ4n) is 1.27. The number of hydrogen-bond donors (Lipinski definition) is 2. The topological polar surface area (TPSA) is 64.3 Å². The van der Waals surface area contributed by atoms with Crippen molar-refractivity contribution in [3.05, 3.63) is 23.3 Å². The summed E-state index contributed by atoms with van der Waals surface area (Å²) in [5.41, 5.74) is 8.37. The third kappa shape index (κ3) is 2.16.